The summed E-state index contributed by atoms with van der Waals surface area (Å²) < 4.78 is 5.23. The first-order chi connectivity index (χ1) is 4.89. The van der Waals surface area contributed by atoms with Crippen molar-refractivity contribution in [2.75, 3.05) is 26.9 Å². The van der Waals surface area contributed by atoms with Crippen molar-refractivity contribution in [1.29, 1.82) is 0 Å². The molecular formula is C8H19NO. The predicted octanol–water partition coefficient (Wildman–Crippen LogP) is 1.71. The van der Waals surface area contributed by atoms with Gasteiger partial charge in [-0.05, 0) is 19.9 Å². The molecule has 1 saturated heterocycles. The third kappa shape index (κ3) is 4.77. The van der Waals surface area contributed by atoms with Gasteiger partial charge in [-0.15, -0.1) is 0 Å². The van der Waals surface area contributed by atoms with E-state index in [2.05, 4.69) is 11.9 Å². The fraction of sp³-hybridized carbons (Fsp3) is 1.00. The summed E-state index contributed by atoms with van der Waals surface area (Å²) in [6.45, 7) is 6.96. The van der Waals surface area contributed by atoms with Gasteiger partial charge in [0.15, 0.2) is 0 Å². The molecular weight excluding hydrogens is 126 g/mol. The highest BCUT2D eigenvalue weighted by Gasteiger charge is 2.01. The van der Waals surface area contributed by atoms with E-state index >= 15 is 0 Å². The third-order valence-corrected chi connectivity index (χ3v) is 1.39. The zero-order valence-electron chi connectivity index (χ0n) is 7.39. The normalized spacial score (nSPS) is 20.7. The summed E-state index contributed by atoms with van der Waals surface area (Å²) in [5.41, 5.74) is 0. The number of hydrogen-bond acceptors (Lipinski definition) is 2. The summed E-state index contributed by atoms with van der Waals surface area (Å²) in [5, 5.41) is 0. The Labute approximate surface area is 64.2 Å². The molecule has 1 fully saturated rings. The molecule has 0 aromatic carbocycles. The molecule has 0 radical (unpaired) electrons. The zero-order valence-corrected chi connectivity index (χ0v) is 7.39. The minimum Gasteiger partial charge on any atom is -0.366 e. The maximum Gasteiger partial charge on any atom is 0.0987 e. The van der Waals surface area contributed by atoms with E-state index < -0.39 is 0 Å². The highest BCUT2D eigenvalue weighted by molar-refractivity contribution is 4.50. The Morgan fingerprint density at radius 2 is 1.90 bits per heavy atom. The van der Waals surface area contributed by atoms with Gasteiger partial charge in [-0.3, -0.25) is 4.90 Å². The molecule has 1 rings (SSSR count). The Balaban J connectivity index is 0.000000371. The monoisotopic (exact) mass is 145 g/mol. The quantitative estimate of drug-likeness (QED) is 0.514. The highest BCUT2D eigenvalue weighted by Crippen LogP contribution is 1.98. The van der Waals surface area contributed by atoms with Gasteiger partial charge in [-0.2, -0.15) is 0 Å². The molecule has 1 aliphatic heterocycles. The Morgan fingerprint density at radius 3 is 2.60 bits per heavy atom. The Bertz CT molecular complexity index is 58.3. The Hall–Kier alpha value is -0.0800. The first-order valence-corrected chi connectivity index (χ1v) is 4.16. The summed E-state index contributed by atoms with van der Waals surface area (Å²) >= 11 is 0. The maximum atomic E-state index is 5.23. The lowest BCUT2D eigenvalue weighted by Gasteiger charge is -2.10. The molecule has 0 aromatic heterocycles. The summed E-state index contributed by atoms with van der Waals surface area (Å²) in [5.74, 6) is 0. The van der Waals surface area contributed by atoms with Gasteiger partial charge in [0, 0.05) is 13.2 Å². The van der Waals surface area contributed by atoms with Gasteiger partial charge in [0.1, 0.15) is 0 Å². The van der Waals surface area contributed by atoms with Crippen molar-refractivity contribution in [3.8, 4) is 0 Å². The number of hydrogen-bond donors (Lipinski definition) is 0. The fourth-order valence-electron chi connectivity index (χ4n) is 0.871. The largest absolute Gasteiger partial charge is 0.366 e. The summed E-state index contributed by atoms with van der Waals surface area (Å²) in [6, 6.07) is 0. The molecule has 0 aliphatic carbocycles. The van der Waals surface area contributed by atoms with Crippen LogP contribution in [0.15, 0.2) is 0 Å². The molecule has 0 saturated carbocycles. The van der Waals surface area contributed by atoms with Crippen molar-refractivity contribution in [2.24, 2.45) is 0 Å². The molecule has 0 spiro atoms. The summed E-state index contributed by atoms with van der Waals surface area (Å²) in [7, 11) is 2.09. The molecule has 2 heteroatoms. The van der Waals surface area contributed by atoms with E-state index in [4.69, 9.17) is 4.74 Å². The Kier molecular flexibility index (Phi) is 6.98. The van der Waals surface area contributed by atoms with Crippen LogP contribution in [0, 0.1) is 0 Å². The standard InChI is InChI=1S/C6H13NO.C2H6/c1-7-4-2-3-5-8-6-7;1-2/h2-6H2,1H3;1-2H3. The van der Waals surface area contributed by atoms with E-state index in [0.717, 1.165) is 13.3 Å². The van der Waals surface area contributed by atoms with Gasteiger partial charge in [-0.25, -0.2) is 0 Å². The van der Waals surface area contributed by atoms with Crippen molar-refractivity contribution in [3.05, 3.63) is 0 Å². The SMILES string of the molecule is CC.CN1CCCCOC1. The van der Waals surface area contributed by atoms with Crippen LogP contribution in [-0.4, -0.2) is 31.8 Å². The second-order valence-electron chi connectivity index (χ2n) is 2.32. The topological polar surface area (TPSA) is 12.5 Å². The molecule has 0 bridgehead atoms. The van der Waals surface area contributed by atoms with Crippen molar-refractivity contribution in [3.63, 3.8) is 0 Å². The van der Waals surface area contributed by atoms with Crippen LogP contribution < -0.4 is 0 Å². The number of rotatable bonds is 0. The lowest BCUT2D eigenvalue weighted by Crippen LogP contribution is -2.19. The molecule has 2 nitrogen and oxygen atoms in total. The molecule has 1 heterocycles. The van der Waals surface area contributed by atoms with Crippen LogP contribution in [0.25, 0.3) is 0 Å². The molecule has 62 valence electrons. The number of ether oxygens (including phenoxy) is 1. The smallest absolute Gasteiger partial charge is 0.0987 e. The fourth-order valence-corrected chi connectivity index (χ4v) is 0.871. The van der Waals surface area contributed by atoms with Gasteiger partial charge in [0.05, 0.1) is 6.73 Å². The second-order valence-corrected chi connectivity index (χ2v) is 2.32. The predicted molar refractivity (Wildman–Crippen MR) is 44.0 cm³/mol. The molecule has 0 aromatic rings. The van der Waals surface area contributed by atoms with E-state index in [-0.39, 0.29) is 0 Å². The van der Waals surface area contributed by atoms with Crippen molar-refractivity contribution in [1.82, 2.24) is 4.90 Å². The Morgan fingerprint density at radius 1 is 1.20 bits per heavy atom. The third-order valence-electron chi connectivity index (χ3n) is 1.39. The van der Waals surface area contributed by atoms with Gasteiger partial charge in [0.25, 0.3) is 0 Å². The van der Waals surface area contributed by atoms with Gasteiger partial charge >= 0.3 is 0 Å². The molecule has 0 unspecified atom stereocenters. The van der Waals surface area contributed by atoms with Crippen molar-refractivity contribution >= 4 is 0 Å². The van der Waals surface area contributed by atoms with Gasteiger partial charge in [0.2, 0.25) is 0 Å². The number of nitrogens with zero attached hydrogens (tertiary/aromatic N) is 1. The minimum absolute atomic E-state index is 0.819. The second kappa shape index (κ2) is 7.03. The van der Waals surface area contributed by atoms with E-state index in [1.54, 1.807) is 0 Å². The van der Waals surface area contributed by atoms with Crippen LogP contribution >= 0.6 is 0 Å². The molecule has 10 heavy (non-hydrogen) atoms. The first-order valence-electron chi connectivity index (χ1n) is 4.16. The van der Waals surface area contributed by atoms with E-state index in [9.17, 15) is 0 Å². The molecule has 0 atom stereocenters. The van der Waals surface area contributed by atoms with Crippen molar-refractivity contribution in [2.45, 2.75) is 26.7 Å². The van der Waals surface area contributed by atoms with Crippen LogP contribution in [-0.2, 0) is 4.74 Å². The van der Waals surface area contributed by atoms with E-state index in [1.165, 1.54) is 19.4 Å². The lowest BCUT2D eigenvalue weighted by atomic mass is 10.3. The lowest BCUT2D eigenvalue weighted by molar-refractivity contribution is 0.0647. The van der Waals surface area contributed by atoms with Crippen LogP contribution in [0.3, 0.4) is 0 Å². The molecule has 0 amide bonds. The van der Waals surface area contributed by atoms with Crippen LogP contribution in [0.1, 0.15) is 26.7 Å². The first kappa shape index (κ1) is 9.92. The van der Waals surface area contributed by atoms with Crippen LogP contribution in [0.4, 0.5) is 0 Å². The van der Waals surface area contributed by atoms with Gasteiger partial charge < -0.3 is 4.74 Å². The minimum atomic E-state index is 0.819. The summed E-state index contributed by atoms with van der Waals surface area (Å²) in [4.78, 5) is 2.20. The van der Waals surface area contributed by atoms with Gasteiger partial charge in [-0.1, -0.05) is 13.8 Å². The highest BCUT2D eigenvalue weighted by atomic mass is 16.5. The molecule has 1 aliphatic rings. The zero-order chi connectivity index (χ0) is 7.82. The maximum absolute atomic E-state index is 5.23. The van der Waals surface area contributed by atoms with Crippen LogP contribution in [0.2, 0.25) is 0 Å². The van der Waals surface area contributed by atoms with E-state index in [0.29, 0.717) is 0 Å². The summed E-state index contributed by atoms with van der Waals surface area (Å²) in [6.07, 6.45) is 2.51. The van der Waals surface area contributed by atoms with Crippen molar-refractivity contribution < 1.29 is 4.74 Å². The van der Waals surface area contributed by atoms with E-state index in [1.807, 2.05) is 13.8 Å². The average molecular weight is 145 g/mol. The average Bonchev–Trinajstić information content (AvgIpc) is 2.21. The van der Waals surface area contributed by atoms with Crippen LogP contribution in [0.5, 0.6) is 0 Å². The molecule has 0 N–H and O–H groups in total.